The van der Waals surface area contributed by atoms with E-state index in [9.17, 15) is 4.79 Å². The van der Waals surface area contributed by atoms with Crippen LogP contribution in [0.5, 0.6) is 23.0 Å². The maximum atomic E-state index is 12.1. The van der Waals surface area contributed by atoms with Gasteiger partial charge in [-0.25, -0.2) is 0 Å². The maximum absolute atomic E-state index is 12.1. The quantitative estimate of drug-likeness (QED) is 0.731. The van der Waals surface area contributed by atoms with Crippen LogP contribution in [0.3, 0.4) is 0 Å². The lowest BCUT2D eigenvalue weighted by atomic mass is 10.2. The van der Waals surface area contributed by atoms with Gasteiger partial charge >= 0.3 is 0 Å². The molecule has 3 rings (SSSR count). The third-order valence-electron chi connectivity index (χ3n) is 3.78. The Morgan fingerprint density at radius 3 is 2.42 bits per heavy atom. The van der Waals surface area contributed by atoms with Crippen LogP contribution in [0.15, 0.2) is 42.5 Å². The van der Waals surface area contributed by atoms with Crippen molar-refractivity contribution < 1.29 is 23.7 Å². The van der Waals surface area contributed by atoms with Crippen molar-refractivity contribution in [3.63, 3.8) is 0 Å². The Kier molecular flexibility index (Phi) is 6.19. The first-order valence-corrected chi connectivity index (χ1v) is 8.80. The molecule has 0 unspecified atom stereocenters. The van der Waals surface area contributed by atoms with Gasteiger partial charge in [0.25, 0.3) is 0 Å². The molecule has 0 aromatic heterocycles. The summed E-state index contributed by atoms with van der Waals surface area (Å²) in [6, 6.07) is 12.9. The lowest BCUT2D eigenvalue weighted by molar-refractivity contribution is -0.116. The number of hydrogen-bond acceptors (Lipinski definition) is 5. The van der Waals surface area contributed by atoms with E-state index in [2.05, 4.69) is 5.32 Å². The van der Waals surface area contributed by atoms with Gasteiger partial charge in [-0.3, -0.25) is 4.79 Å². The number of benzene rings is 2. The molecule has 0 fully saturated rings. The van der Waals surface area contributed by atoms with E-state index in [1.807, 2.05) is 37.3 Å². The van der Waals surface area contributed by atoms with Crippen LogP contribution in [0, 0.1) is 0 Å². The second kappa shape index (κ2) is 8.99. The molecule has 0 bridgehead atoms. The molecule has 6 heteroatoms. The van der Waals surface area contributed by atoms with Gasteiger partial charge in [0.15, 0.2) is 11.5 Å². The first kappa shape index (κ1) is 17.9. The highest BCUT2D eigenvalue weighted by molar-refractivity contribution is 5.91. The first-order chi connectivity index (χ1) is 12.7. The average Bonchev–Trinajstić information content (AvgIpc) is 2.67. The molecule has 138 valence electrons. The largest absolute Gasteiger partial charge is 0.494 e. The molecule has 0 spiro atoms. The van der Waals surface area contributed by atoms with Crippen molar-refractivity contribution in [1.82, 2.24) is 0 Å². The maximum Gasteiger partial charge on any atom is 0.224 e. The highest BCUT2D eigenvalue weighted by atomic mass is 16.6. The molecular formula is C20H23NO5. The fraction of sp³-hybridized carbons (Fsp3) is 0.350. The minimum Gasteiger partial charge on any atom is -0.494 e. The predicted octanol–water partition coefficient (Wildman–Crippen LogP) is 3.65. The van der Waals surface area contributed by atoms with Crippen molar-refractivity contribution in [2.45, 2.75) is 19.8 Å². The Hall–Kier alpha value is -2.89. The van der Waals surface area contributed by atoms with Crippen LogP contribution >= 0.6 is 0 Å². The average molecular weight is 357 g/mol. The molecule has 0 saturated heterocycles. The minimum atomic E-state index is -0.0584. The number of nitrogens with one attached hydrogen (secondary N) is 1. The van der Waals surface area contributed by atoms with E-state index in [1.54, 1.807) is 12.1 Å². The van der Waals surface area contributed by atoms with Crippen molar-refractivity contribution in [3.05, 3.63) is 42.5 Å². The Morgan fingerprint density at radius 2 is 1.69 bits per heavy atom. The third kappa shape index (κ3) is 5.05. The lowest BCUT2D eigenvalue weighted by Crippen LogP contribution is -2.16. The van der Waals surface area contributed by atoms with Crippen molar-refractivity contribution in [3.8, 4) is 23.0 Å². The summed E-state index contributed by atoms with van der Waals surface area (Å²) in [7, 11) is 0. The van der Waals surface area contributed by atoms with Crippen LogP contribution in [0.4, 0.5) is 5.69 Å². The number of hydrogen-bond donors (Lipinski definition) is 1. The topological polar surface area (TPSA) is 66.0 Å². The van der Waals surface area contributed by atoms with Gasteiger partial charge < -0.3 is 24.3 Å². The second-order valence-electron chi connectivity index (χ2n) is 5.76. The van der Waals surface area contributed by atoms with E-state index < -0.39 is 0 Å². The summed E-state index contributed by atoms with van der Waals surface area (Å²) in [6.07, 6.45) is 1.01. The number of carbonyl (C=O) groups is 1. The van der Waals surface area contributed by atoms with Gasteiger partial charge in [-0.2, -0.15) is 0 Å². The van der Waals surface area contributed by atoms with Gasteiger partial charge in [-0.05, 0) is 49.7 Å². The standard InChI is InChI=1S/C20H23NO5/c1-2-23-16-6-8-17(9-7-16)24-11-3-4-20(22)21-15-5-10-18-19(14-15)26-13-12-25-18/h5-10,14H,2-4,11-13H2,1H3,(H,21,22). The molecule has 0 aliphatic carbocycles. The molecule has 6 nitrogen and oxygen atoms in total. The summed E-state index contributed by atoms with van der Waals surface area (Å²) in [4.78, 5) is 12.1. The second-order valence-corrected chi connectivity index (χ2v) is 5.76. The van der Waals surface area contributed by atoms with Crippen LogP contribution < -0.4 is 24.3 Å². The lowest BCUT2D eigenvalue weighted by Gasteiger charge is -2.19. The number of carbonyl (C=O) groups excluding carboxylic acids is 1. The SMILES string of the molecule is CCOc1ccc(OCCCC(=O)Nc2ccc3c(c2)OCCO3)cc1. The normalized spacial score (nSPS) is 12.3. The molecule has 1 N–H and O–H groups in total. The van der Waals surface area contributed by atoms with E-state index >= 15 is 0 Å². The summed E-state index contributed by atoms with van der Waals surface area (Å²) in [6.45, 7) is 4.13. The summed E-state index contributed by atoms with van der Waals surface area (Å²) < 4.78 is 22.0. The zero-order valence-electron chi connectivity index (χ0n) is 14.8. The molecule has 26 heavy (non-hydrogen) atoms. The Bertz CT molecular complexity index is 729. The number of rotatable bonds is 8. The summed E-state index contributed by atoms with van der Waals surface area (Å²) in [5.41, 5.74) is 0.701. The van der Waals surface area contributed by atoms with Crippen LogP contribution in [-0.2, 0) is 4.79 Å². The molecule has 1 amide bonds. The van der Waals surface area contributed by atoms with Crippen LogP contribution in [-0.4, -0.2) is 32.3 Å². The van der Waals surface area contributed by atoms with Crippen molar-refractivity contribution in [2.75, 3.05) is 31.7 Å². The van der Waals surface area contributed by atoms with Crippen LogP contribution in [0.1, 0.15) is 19.8 Å². The predicted molar refractivity (Wildman–Crippen MR) is 98.4 cm³/mol. The van der Waals surface area contributed by atoms with E-state index in [0.717, 1.165) is 11.5 Å². The fourth-order valence-electron chi connectivity index (χ4n) is 2.57. The van der Waals surface area contributed by atoms with Gasteiger partial charge in [0.2, 0.25) is 5.91 Å². The van der Waals surface area contributed by atoms with E-state index in [0.29, 0.717) is 56.5 Å². The summed E-state index contributed by atoms with van der Waals surface area (Å²) in [5.74, 6) is 2.89. The van der Waals surface area contributed by atoms with Crippen molar-refractivity contribution >= 4 is 11.6 Å². The first-order valence-electron chi connectivity index (χ1n) is 8.80. The highest BCUT2D eigenvalue weighted by Gasteiger charge is 2.12. The number of fused-ring (bicyclic) bond motifs is 1. The summed E-state index contributed by atoms with van der Waals surface area (Å²) >= 11 is 0. The van der Waals surface area contributed by atoms with Crippen LogP contribution in [0.25, 0.3) is 0 Å². The van der Waals surface area contributed by atoms with Gasteiger partial charge in [-0.1, -0.05) is 0 Å². The van der Waals surface area contributed by atoms with Gasteiger partial charge in [0.1, 0.15) is 24.7 Å². The van der Waals surface area contributed by atoms with E-state index in [1.165, 1.54) is 0 Å². The van der Waals surface area contributed by atoms with E-state index in [-0.39, 0.29) is 5.91 Å². The molecular weight excluding hydrogens is 334 g/mol. The third-order valence-corrected chi connectivity index (χ3v) is 3.78. The zero-order valence-corrected chi connectivity index (χ0v) is 14.8. The fourth-order valence-corrected chi connectivity index (χ4v) is 2.57. The molecule has 2 aromatic rings. The molecule has 0 atom stereocenters. The van der Waals surface area contributed by atoms with Gasteiger partial charge in [-0.15, -0.1) is 0 Å². The Balaban J connectivity index is 1.39. The van der Waals surface area contributed by atoms with Gasteiger partial charge in [0, 0.05) is 18.2 Å². The number of amides is 1. The zero-order chi connectivity index (χ0) is 18.2. The van der Waals surface area contributed by atoms with Crippen molar-refractivity contribution in [2.24, 2.45) is 0 Å². The monoisotopic (exact) mass is 357 g/mol. The molecule has 2 aromatic carbocycles. The molecule has 0 radical (unpaired) electrons. The molecule has 1 aliphatic heterocycles. The molecule has 1 heterocycles. The van der Waals surface area contributed by atoms with Gasteiger partial charge in [0.05, 0.1) is 13.2 Å². The molecule has 1 aliphatic rings. The summed E-state index contributed by atoms with van der Waals surface area (Å²) in [5, 5.41) is 2.87. The van der Waals surface area contributed by atoms with Crippen molar-refractivity contribution in [1.29, 1.82) is 0 Å². The number of anilines is 1. The Morgan fingerprint density at radius 1 is 1.00 bits per heavy atom. The van der Waals surface area contributed by atoms with E-state index in [4.69, 9.17) is 18.9 Å². The van der Waals surface area contributed by atoms with Crippen LogP contribution in [0.2, 0.25) is 0 Å². The minimum absolute atomic E-state index is 0.0584. The highest BCUT2D eigenvalue weighted by Crippen LogP contribution is 2.32. The smallest absolute Gasteiger partial charge is 0.224 e. The molecule has 0 saturated carbocycles. The number of ether oxygens (including phenoxy) is 4. The Labute approximate surface area is 153 Å².